The zero-order valence-electron chi connectivity index (χ0n) is 8.83. The van der Waals surface area contributed by atoms with E-state index in [9.17, 15) is 9.50 Å². The van der Waals surface area contributed by atoms with Crippen molar-refractivity contribution in [2.45, 2.75) is 31.4 Å². The molecule has 2 rings (SSSR count). The van der Waals surface area contributed by atoms with E-state index in [1.807, 2.05) is 0 Å². The fourth-order valence-electron chi connectivity index (χ4n) is 2.22. The predicted octanol–water partition coefficient (Wildman–Crippen LogP) is 1.79. The van der Waals surface area contributed by atoms with E-state index in [1.165, 1.54) is 6.07 Å². The first-order valence-corrected chi connectivity index (χ1v) is 5.33. The Kier molecular flexibility index (Phi) is 2.76. The second kappa shape index (κ2) is 3.91. The highest BCUT2D eigenvalue weighted by Gasteiger charge is 2.37. The number of hydrogen-bond acceptors (Lipinski definition) is 2. The van der Waals surface area contributed by atoms with Gasteiger partial charge in [-0.05, 0) is 32.4 Å². The van der Waals surface area contributed by atoms with Crippen LogP contribution in [0, 0.1) is 5.82 Å². The Morgan fingerprint density at radius 3 is 2.80 bits per heavy atom. The number of benzene rings is 1. The van der Waals surface area contributed by atoms with Gasteiger partial charge in [0.1, 0.15) is 11.4 Å². The molecule has 2 atom stereocenters. The van der Waals surface area contributed by atoms with Gasteiger partial charge in [-0.15, -0.1) is 0 Å². The molecule has 2 N–H and O–H groups in total. The van der Waals surface area contributed by atoms with Gasteiger partial charge in [-0.3, -0.25) is 0 Å². The first-order valence-electron chi connectivity index (χ1n) is 5.33. The van der Waals surface area contributed by atoms with E-state index in [0.717, 1.165) is 19.4 Å². The Morgan fingerprint density at radius 1 is 1.47 bits per heavy atom. The summed E-state index contributed by atoms with van der Waals surface area (Å²) < 4.78 is 13.6. The predicted molar refractivity (Wildman–Crippen MR) is 57.0 cm³/mol. The molecule has 0 aromatic heterocycles. The van der Waals surface area contributed by atoms with Gasteiger partial charge in [0, 0.05) is 11.6 Å². The molecule has 1 aliphatic heterocycles. The Labute approximate surface area is 89.1 Å². The van der Waals surface area contributed by atoms with Crippen LogP contribution in [0.2, 0.25) is 0 Å². The molecule has 0 radical (unpaired) electrons. The van der Waals surface area contributed by atoms with Gasteiger partial charge in [0.15, 0.2) is 0 Å². The van der Waals surface area contributed by atoms with Crippen LogP contribution in [-0.2, 0) is 5.60 Å². The first kappa shape index (κ1) is 10.6. The summed E-state index contributed by atoms with van der Waals surface area (Å²) in [4.78, 5) is 0. The third-order valence-electron chi connectivity index (χ3n) is 3.16. The Hall–Kier alpha value is -0.930. The highest BCUT2D eigenvalue weighted by molar-refractivity contribution is 5.25. The number of hydrogen-bond donors (Lipinski definition) is 2. The lowest BCUT2D eigenvalue weighted by Gasteiger charge is -2.31. The quantitative estimate of drug-likeness (QED) is 0.778. The third kappa shape index (κ3) is 1.90. The van der Waals surface area contributed by atoms with E-state index in [4.69, 9.17) is 0 Å². The average molecular weight is 209 g/mol. The number of aliphatic hydroxyl groups is 1. The lowest BCUT2D eigenvalue weighted by atomic mass is 9.87. The molecule has 15 heavy (non-hydrogen) atoms. The van der Waals surface area contributed by atoms with Gasteiger partial charge in [-0.25, -0.2) is 4.39 Å². The number of rotatable bonds is 2. The normalized spacial score (nSPS) is 25.1. The molecule has 0 spiro atoms. The van der Waals surface area contributed by atoms with Crippen LogP contribution in [0.4, 0.5) is 4.39 Å². The van der Waals surface area contributed by atoms with Gasteiger partial charge in [0.05, 0.1) is 0 Å². The summed E-state index contributed by atoms with van der Waals surface area (Å²) in [7, 11) is 0. The van der Waals surface area contributed by atoms with Crippen LogP contribution < -0.4 is 5.32 Å². The van der Waals surface area contributed by atoms with Crippen LogP contribution in [0.5, 0.6) is 0 Å². The lowest BCUT2D eigenvalue weighted by Crippen LogP contribution is -2.43. The van der Waals surface area contributed by atoms with E-state index in [1.54, 1.807) is 25.1 Å². The van der Waals surface area contributed by atoms with Crippen LogP contribution in [0.1, 0.15) is 25.3 Å². The molecule has 1 aromatic carbocycles. The second-order valence-electron chi connectivity index (χ2n) is 4.28. The fraction of sp³-hybridized carbons (Fsp3) is 0.500. The van der Waals surface area contributed by atoms with Gasteiger partial charge in [0.2, 0.25) is 0 Å². The van der Waals surface area contributed by atoms with E-state index >= 15 is 0 Å². The molecule has 1 heterocycles. The molecule has 0 amide bonds. The molecular formula is C12H16FNO. The van der Waals surface area contributed by atoms with Crippen LogP contribution in [0.25, 0.3) is 0 Å². The zero-order valence-corrected chi connectivity index (χ0v) is 8.83. The molecule has 1 aromatic rings. The minimum Gasteiger partial charge on any atom is -0.384 e. The fourth-order valence-corrected chi connectivity index (χ4v) is 2.22. The van der Waals surface area contributed by atoms with E-state index in [0.29, 0.717) is 5.56 Å². The summed E-state index contributed by atoms with van der Waals surface area (Å²) in [6.45, 7) is 2.57. The van der Waals surface area contributed by atoms with Crippen molar-refractivity contribution in [1.29, 1.82) is 0 Å². The summed E-state index contributed by atoms with van der Waals surface area (Å²) in [5, 5.41) is 13.6. The maximum atomic E-state index is 13.6. The Balaban J connectivity index is 2.31. The van der Waals surface area contributed by atoms with Gasteiger partial charge >= 0.3 is 0 Å². The van der Waals surface area contributed by atoms with Crippen molar-refractivity contribution in [3.05, 3.63) is 35.6 Å². The van der Waals surface area contributed by atoms with Crippen molar-refractivity contribution in [2.75, 3.05) is 6.54 Å². The van der Waals surface area contributed by atoms with Crippen molar-refractivity contribution >= 4 is 0 Å². The number of nitrogens with one attached hydrogen (secondary N) is 1. The molecule has 3 heteroatoms. The van der Waals surface area contributed by atoms with Crippen LogP contribution in [-0.4, -0.2) is 17.7 Å². The van der Waals surface area contributed by atoms with Crippen molar-refractivity contribution in [3.8, 4) is 0 Å². The average Bonchev–Trinajstić information content (AvgIpc) is 2.71. The van der Waals surface area contributed by atoms with Gasteiger partial charge in [0.25, 0.3) is 0 Å². The minimum absolute atomic E-state index is 0.0469. The van der Waals surface area contributed by atoms with Gasteiger partial charge in [-0.2, -0.15) is 0 Å². The second-order valence-corrected chi connectivity index (χ2v) is 4.28. The standard InChI is InChI=1S/C12H16FNO/c1-12(15,11-7-4-8-14-11)9-5-2-3-6-10(9)13/h2-3,5-6,11,14-15H,4,7-8H2,1H3. The van der Waals surface area contributed by atoms with Crippen LogP contribution in [0.15, 0.2) is 24.3 Å². The highest BCUT2D eigenvalue weighted by Crippen LogP contribution is 2.30. The Bertz CT molecular complexity index is 345. The zero-order chi connectivity index (χ0) is 10.9. The number of halogens is 1. The molecule has 1 aliphatic rings. The summed E-state index contributed by atoms with van der Waals surface area (Å²) in [5.74, 6) is -0.337. The maximum absolute atomic E-state index is 13.6. The van der Waals surface area contributed by atoms with E-state index in [2.05, 4.69) is 5.32 Å². The largest absolute Gasteiger partial charge is 0.384 e. The van der Waals surface area contributed by atoms with E-state index in [-0.39, 0.29) is 11.9 Å². The smallest absolute Gasteiger partial charge is 0.129 e. The minimum atomic E-state index is -1.12. The van der Waals surface area contributed by atoms with Gasteiger partial charge in [-0.1, -0.05) is 18.2 Å². The topological polar surface area (TPSA) is 32.3 Å². The van der Waals surface area contributed by atoms with Crippen molar-refractivity contribution in [3.63, 3.8) is 0 Å². The van der Waals surface area contributed by atoms with Gasteiger partial charge < -0.3 is 10.4 Å². The summed E-state index contributed by atoms with van der Waals surface area (Å²) in [5.41, 5.74) is -0.744. The third-order valence-corrected chi connectivity index (χ3v) is 3.16. The maximum Gasteiger partial charge on any atom is 0.129 e. The highest BCUT2D eigenvalue weighted by atomic mass is 19.1. The van der Waals surface area contributed by atoms with Crippen molar-refractivity contribution in [2.24, 2.45) is 0 Å². The molecule has 2 nitrogen and oxygen atoms in total. The molecule has 1 saturated heterocycles. The lowest BCUT2D eigenvalue weighted by molar-refractivity contribution is 0.0185. The SMILES string of the molecule is CC(O)(c1ccccc1F)C1CCCN1. The van der Waals surface area contributed by atoms with Crippen LogP contribution in [0.3, 0.4) is 0 Å². The molecule has 82 valence electrons. The molecule has 2 unspecified atom stereocenters. The summed E-state index contributed by atoms with van der Waals surface area (Å²) in [6.07, 6.45) is 1.93. The van der Waals surface area contributed by atoms with E-state index < -0.39 is 5.60 Å². The molecule has 0 aliphatic carbocycles. The molecular weight excluding hydrogens is 193 g/mol. The Morgan fingerprint density at radius 2 is 2.20 bits per heavy atom. The first-order chi connectivity index (χ1) is 7.12. The molecule has 0 saturated carbocycles. The van der Waals surface area contributed by atoms with Crippen molar-refractivity contribution < 1.29 is 9.50 Å². The molecule has 1 fully saturated rings. The summed E-state index contributed by atoms with van der Waals surface area (Å²) in [6, 6.07) is 6.38. The van der Waals surface area contributed by atoms with Crippen LogP contribution >= 0.6 is 0 Å². The molecule has 0 bridgehead atoms. The van der Waals surface area contributed by atoms with Crippen molar-refractivity contribution in [1.82, 2.24) is 5.32 Å². The monoisotopic (exact) mass is 209 g/mol. The summed E-state index contributed by atoms with van der Waals surface area (Å²) >= 11 is 0.